The Bertz CT molecular complexity index is 1140. The third kappa shape index (κ3) is 2.75. The Morgan fingerprint density at radius 1 is 1.24 bits per heavy atom. The van der Waals surface area contributed by atoms with E-state index in [1.54, 1.807) is 0 Å². The number of carbonyl (C=O) groups is 1. The quantitative estimate of drug-likeness (QED) is 0.644. The highest BCUT2D eigenvalue weighted by molar-refractivity contribution is 7.90. The summed E-state index contributed by atoms with van der Waals surface area (Å²) in [5.74, 6) is -1.27. The molecule has 1 atom stereocenters. The Morgan fingerprint density at radius 3 is 2.56 bits per heavy atom. The van der Waals surface area contributed by atoms with Crippen LogP contribution in [0.2, 0.25) is 0 Å². The van der Waals surface area contributed by atoms with Crippen molar-refractivity contribution in [1.29, 1.82) is 0 Å². The molecule has 0 saturated carbocycles. The van der Waals surface area contributed by atoms with Gasteiger partial charge < -0.3 is 18.7 Å². The van der Waals surface area contributed by atoms with E-state index >= 15 is 0 Å². The van der Waals surface area contributed by atoms with Crippen LogP contribution in [0.25, 0.3) is 21.9 Å². The predicted molar refractivity (Wildman–Crippen MR) is 86.2 cm³/mol. The molecule has 0 spiro atoms. The number of hydrogen-bond acceptors (Lipinski definition) is 7. The third-order valence-corrected chi connectivity index (χ3v) is 5.22. The minimum Gasteiger partial charge on any atom is -0.490 e. The molecule has 9 nitrogen and oxygen atoms in total. The highest BCUT2D eigenvalue weighted by Gasteiger charge is 2.29. The number of nitrogens with one attached hydrogen (secondary N) is 1. The fourth-order valence-corrected chi connectivity index (χ4v) is 4.08. The van der Waals surface area contributed by atoms with Gasteiger partial charge in [0.15, 0.2) is 11.2 Å². The molecular weight excluding hydrogens is 354 g/mol. The molecule has 0 bridgehead atoms. The van der Waals surface area contributed by atoms with Crippen LogP contribution in [0.5, 0.6) is 5.75 Å². The molecule has 132 valence electrons. The van der Waals surface area contributed by atoms with E-state index in [4.69, 9.17) is 18.7 Å². The maximum atomic E-state index is 12.8. The summed E-state index contributed by atoms with van der Waals surface area (Å²) in [5.41, 5.74) is -0.750. The van der Waals surface area contributed by atoms with Gasteiger partial charge in [0.2, 0.25) is 15.8 Å². The average Bonchev–Trinajstić information content (AvgIpc) is 3.00. The first-order valence-electron chi connectivity index (χ1n) is 7.02. The van der Waals surface area contributed by atoms with Gasteiger partial charge in [0.1, 0.15) is 10.9 Å². The summed E-state index contributed by atoms with van der Waals surface area (Å²) >= 11 is 0. The maximum Gasteiger partial charge on any atom is 0.336 e. The van der Waals surface area contributed by atoms with Crippen molar-refractivity contribution < 1.29 is 31.9 Å². The highest BCUT2D eigenvalue weighted by atomic mass is 32.2. The van der Waals surface area contributed by atoms with Crippen LogP contribution in [0.15, 0.2) is 43.0 Å². The second-order valence-corrected chi connectivity index (χ2v) is 6.86. The smallest absolute Gasteiger partial charge is 0.336 e. The normalized spacial score (nSPS) is 13.2. The van der Waals surface area contributed by atoms with Gasteiger partial charge in [-0.3, -0.25) is 4.79 Å². The lowest BCUT2D eigenvalue weighted by atomic mass is 10.1. The minimum absolute atomic E-state index is 0.0627. The number of aliphatic carboxylic acids is 1. The van der Waals surface area contributed by atoms with E-state index in [-0.39, 0.29) is 32.6 Å². The Hall–Kier alpha value is -2.85. The minimum atomic E-state index is -4.27. The van der Waals surface area contributed by atoms with Crippen LogP contribution in [0, 0.1) is 0 Å². The molecule has 0 amide bonds. The van der Waals surface area contributed by atoms with Crippen LogP contribution < -0.4 is 15.1 Å². The Balaban J connectivity index is 2.43. The molecule has 10 heteroatoms. The molecule has 2 aromatic heterocycles. The van der Waals surface area contributed by atoms with Gasteiger partial charge in [-0.25, -0.2) is 13.2 Å². The first-order valence-corrected chi connectivity index (χ1v) is 8.50. The summed E-state index contributed by atoms with van der Waals surface area (Å²) in [4.78, 5) is 22.3. The van der Waals surface area contributed by atoms with Crippen molar-refractivity contribution in [1.82, 2.24) is 4.72 Å². The van der Waals surface area contributed by atoms with Gasteiger partial charge >= 0.3 is 11.6 Å². The number of sulfonamides is 1. The first-order chi connectivity index (χ1) is 11.8. The Kier molecular flexibility index (Phi) is 4.01. The zero-order valence-corrected chi connectivity index (χ0v) is 13.9. The molecule has 0 aliphatic carbocycles. The maximum absolute atomic E-state index is 12.8. The standard InChI is InChI=1S/C15H13NO8S/c1-7(15(18)19)16-25(20,21)14-8-3-4-10(17)24-12(8)13(22-2)11-9(14)5-6-23-11/h3-7,16H,1-2H3,(H,18,19)/t7-/m0/s1. The van der Waals surface area contributed by atoms with Crippen LogP contribution in [-0.4, -0.2) is 32.6 Å². The molecule has 1 aromatic carbocycles. The number of ether oxygens (including phenoxy) is 1. The van der Waals surface area contributed by atoms with Gasteiger partial charge in [0, 0.05) is 16.8 Å². The molecule has 0 fully saturated rings. The Morgan fingerprint density at radius 2 is 1.92 bits per heavy atom. The van der Waals surface area contributed by atoms with E-state index in [1.807, 2.05) is 0 Å². The van der Waals surface area contributed by atoms with Crippen molar-refractivity contribution in [2.45, 2.75) is 17.9 Å². The van der Waals surface area contributed by atoms with E-state index in [9.17, 15) is 18.0 Å². The average molecular weight is 367 g/mol. The van der Waals surface area contributed by atoms with Crippen LogP contribution in [0.1, 0.15) is 6.92 Å². The lowest BCUT2D eigenvalue weighted by Gasteiger charge is -2.14. The van der Waals surface area contributed by atoms with Crippen LogP contribution in [0.3, 0.4) is 0 Å². The van der Waals surface area contributed by atoms with Gasteiger partial charge in [0.25, 0.3) is 0 Å². The number of rotatable bonds is 5. The van der Waals surface area contributed by atoms with Crippen molar-refractivity contribution in [2.75, 3.05) is 7.11 Å². The predicted octanol–water partition coefficient (Wildman–Crippen LogP) is 1.30. The van der Waals surface area contributed by atoms with Crippen molar-refractivity contribution in [3.05, 3.63) is 34.9 Å². The van der Waals surface area contributed by atoms with Crippen molar-refractivity contribution in [2.24, 2.45) is 0 Å². The Labute approximate surface area is 140 Å². The number of methoxy groups -OCH3 is 1. The molecule has 2 N–H and O–H groups in total. The zero-order chi connectivity index (χ0) is 18.4. The third-order valence-electron chi connectivity index (χ3n) is 3.58. The molecule has 0 unspecified atom stereocenters. The van der Waals surface area contributed by atoms with Gasteiger partial charge in [-0.05, 0) is 19.1 Å². The zero-order valence-electron chi connectivity index (χ0n) is 13.1. The summed E-state index contributed by atoms with van der Waals surface area (Å²) < 4.78 is 43.2. The lowest BCUT2D eigenvalue weighted by Crippen LogP contribution is -2.38. The molecular formula is C15H13NO8S. The van der Waals surface area contributed by atoms with E-state index in [0.29, 0.717) is 0 Å². The van der Waals surface area contributed by atoms with Crippen LogP contribution >= 0.6 is 0 Å². The van der Waals surface area contributed by atoms with Crippen LogP contribution in [-0.2, 0) is 14.8 Å². The summed E-state index contributed by atoms with van der Waals surface area (Å²) in [6.45, 7) is 1.19. The largest absolute Gasteiger partial charge is 0.490 e. The van der Waals surface area contributed by atoms with Gasteiger partial charge in [-0.15, -0.1) is 0 Å². The number of carboxylic acids is 1. The number of carboxylic acid groups (broad SMARTS) is 1. The molecule has 3 aromatic rings. The summed E-state index contributed by atoms with van der Waals surface area (Å²) in [7, 11) is -2.95. The SMILES string of the molecule is COc1c2occc2c(S(=O)(=O)N[C@@H](C)C(=O)O)c2ccc(=O)oc12. The topological polar surface area (TPSA) is 136 Å². The van der Waals surface area contributed by atoms with Gasteiger partial charge in [0.05, 0.1) is 13.4 Å². The fourth-order valence-electron chi connectivity index (χ4n) is 2.49. The van der Waals surface area contributed by atoms with Gasteiger partial charge in [-0.1, -0.05) is 0 Å². The monoisotopic (exact) mass is 367 g/mol. The second-order valence-electron chi connectivity index (χ2n) is 5.20. The molecule has 0 saturated heterocycles. The number of benzene rings is 1. The van der Waals surface area contributed by atoms with Crippen LogP contribution in [0.4, 0.5) is 0 Å². The number of fused-ring (bicyclic) bond motifs is 2. The lowest BCUT2D eigenvalue weighted by molar-refractivity contribution is -0.138. The van der Waals surface area contributed by atoms with E-state index in [0.717, 1.165) is 6.07 Å². The number of hydrogen-bond donors (Lipinski definition) is 2. The molecule has 0 aliphatic heterocycles. The number of furan rings is 1. The van der Waals surface area contributed by atoms with E-state index in [1.165, 1.54) is 32.4 Å². The first kappa shape index (κ1) is 17.0. The fraction of sp³-hybridized carbons (Fsp3) is 0.200. The second kappa shape index (κ2) is 5.90. The van der Waals surface area contributed by atoms with Crippen molar-refractivity contribution in [3.63, 3.8) is 0 Å². The molecule has 0 aliphatic rings. The summed E-state index contributed by atoms with van der Waals surface area (Å²) in [5, 5.41) is 9.21. The van der Waals surface area contributed by atoms with Crippen molar-refractivity contribution in [3.8, 4) is 5.75 Å². The summed E-state index contributed by atoms with van der Waals surface area (Å²) in [6, 6.07) is 2.38. The molecule has 0 radical (unpaired) electrons. The van der Waals surface area contributed by atoms with Gasteiger partial charge in [-0.2, -0.15) is 4.72 Å². The van der Waals surface area contributed by atoms with E-state index in [2.05, 4.69) is 4.72 Å². The summed E-state index contributed by atoms with van der Waals surface area (Å²) in [6.07, 6.45) is 1.25. The highest BCUT2D eigenvalue weighted by Crippen LogP contribution is 2.40. The molecule has 2 heterocycles. The molecule has 3 rings (SSSR count). The molecule has 25 heavy (non-hydrogen) atoms. The van der Waals surface area contributed by atoms with Crippen molar-refractivity contribution >= 4 is 37.9 Å². The van der Waals surface area contributed by atoms with E-state index < -0.39 is 27.7 Å².